The summed E-state index contributed by atoms with van der Waals surface area (Å²) in [6, 6.07) is 18.1. The zero-order valence-electron chi connectivity index (χ0n) is 19.8. The minimum absolute atomic E-state index is 0.107. The number of carbonyl (C=O) groups excluding carboxylic acids is 1. The summed E-state index contributed by atoms with van der Waals surface area (Å²) >= 11 is 0. The van der Waals surface area contributed by atoms with Gasteiger partial charge in [-0.05, 0) is 48.4 Å². The molecule has 3 aromatic carbocycles. The fourth-order valence-electron chi connectivity index (χ4n) is 4.48. The summed E-state index contributed by atoms with van der Waals surface area (Å²) in [4.78, 5) is 25.4. The predicted octanol–water partition coefficient (Wildman–Crippen LogP) is 4.75. The summed E-state index contributed by atoms with van der Waals surface area (Å²) in [6.45, 7) is 4.03. The van der Waals surface area contributed by atoms with E-state index in [2.05, 4.69) is 15.3 Å². The number of rotatable bonds is 4. The lowest BCUT2D eigenvalue weighted by Gasteiger charge is -2.36. The van der Waals surface area contributed by atoms with Crippen LogP contribution in [0.3, 0.4) is 0 Å². The molecule has 3 N–H and O–H groups in total. The number of carbonyl (C=O) groups is 1. The standard InChI is InChI=1S/C27H26F2N6O/c1-17(18-5-3-2-4-6-18)31-27(36)35-13-11-34(12-14-35)25-22-15-19(7-10-24(22)32-26(30)33-25)21-16-20(28)8-9-23(21)29/h2-10,15-17H,11-14H2,1H3,(H,31,36)(H2,30,32,33)/t17-/m1/s1. The van der Waals surface area contributed by atoms with Gasteiger partial charge in [0.15, 0.2) is 0 Å². The summed E-state index contributed by atoms with van der Waals surface area (Å²) < 4.78 is 28.2. The highest BCUT2D eigenvalue weighted by Crippen LogP contribution is 2.32. The van der Waals surface area contributed by atoms with Gasteiger partial charge in [-0.15, -0.1) is 0 Å². The van der Waals surface area contributed by atoms with Gasteiger partial charge in [0.1, 0.15) is 17.5 Å². The van der Waals surface area contributed by atoms with E-state index in [1.165, 1.54) is 6.07 Å². The highest BCUT2D eigenvalue weighted by Gasteiger charge is 2.25. The maximum absolute atomic E-state index is 14.4. The lowest BCUT2D eigenvalue weighted by atomic mass is 10.0. The first-order valence-electron chi connectivity index (χ1n) is 11.8. The number of hydrogen-bond donors (Lipinski definition) is 2. The third kappa shape index (κ3) is 4.77. The summed E-state index contributed by atoms with van der Waals surface area (Å²) in [5, 5.41) is 3.73. The van der Waals surface area contributed by atoms with Crippen molar-refractivity contribution in [1.82, 2.24) is 20.2 Å². The van der Waals surface area contributed by atoms with Crippen LogP contribution in [0.4, 0.5) is 25.3 Å². The van der Waals surface area contributed by atoms with Crippen molar-refractivity contribution >= 4 is 28.7 Å². The number of nitrogens with two attached hydrogens (primary N) is 1. The van der Waals surface area contributed by atoms with Gasteiger partial charge in [0, 0.05) is 37.1 Å². The van der Waals surface area contributed by atoms with Gasteiger partial charge >= 0.3 is 6.03 Å². The van der Waals surface area contributed by atoms with Crippen molar-refractivity contribution < 1.29 is 13.6 Å². The molecule has 4 aromatic rings. The molecule has 0 aliphatic carbocycles. The number of halogens is 2. The van der Waals surface area contributed by atoms with E-state index in [0.29, 0.717) is 48.5 Å². The molecule has 184 valence electrons. The Morgan fingerprint density at radius 3 is 2.47 bits per heavy atom. The summed E-state index contributed by atoms with van der Waals surface area (Å²) in [5.41, 5.74) is 8.30. The van der Waals surface area contributed by atoms with Crippen LogP contribution in [0.5, 0.6) is 0 Å². The number of nitrogen functional groups attached to an aromatic ring is 1. The van der Waals surface area contributed by atoms with E-state index in [-0.39, 0.29) is 23.6 Å². The summed E-state index contributed by atoms with van der Waals surface area (Å²) in [6.07, 6.45) is 0. The summed E-state index contributed by atoms with van der Waals surface area (Å²) in [5.74, 6) is -0.304. The van der Waals surface area contributed by atoms with Gasteiger partial charge in [-0.3, -0.25) is 0 Å². The van der Waals surface area contributed by atoms with Crippen molar-refractivity contribution in [2.75, 3.05) is 36.8 Å². The number of aromatic nitrogens is 2. The molecule has 1 aliphatic rings. The SMILES string of the molecule is C[C@@H](NC(=O)N1CCN(c2nc(N)nc3ccc(-c4cc(F)ccc4F)cc23)CC1)c1ccccc1. The number of nitrogens with one attached hydrogen (secondary N) is 1. The molecule has 0 saturated carbocycles. The molecule has 1 atom stereocenters. The first-order chi connectivity index (χ1) is 17.4. The van der Waals surface area contributed by atoms with Crippen LogP contribution in [0.2, 0.25) is 0 Å². The molecule has 7 nitrogen and oxygen atoms in total. The molecule has 0 bridgehead atoms. The highest BCUT2D eigenvalue weighted by molar-refractivity contribution is 5.94. The van der Waals surface area contributed by atoms with E-state index in [1.54, 1.807) is 23.1 Å². The Bertz CT molecular complexity index is 1410. The number of nitrogens with zero attached hydrogens (tertiary/aromatic N) is 4. The largest absolute Gasteiger partial charge is 0.368 e. The van der Waals surface area contributed by atoms with Crippen LogP contribution in [0.1, 0.15) is 18.5 Å². The number of hydrogen-bond acceptors (Lipinski definition) is 5. The summed E-state index contributed by atoms with van der Waals surface area (Å²) in [7, 11) is 0. The minimum Gasteiger partial charge on any atom is -0.368 e. The van der Waals surface area contributed by atoms with Crippen molar-refractivity contribution in [3.63, 3.8) is 0 Å². The van der Waals surface area contributed by atoms with Crippen LogP contribution < -0.4 is 16.0 Å². The quantitative estimate of drug-likeness (QED) is 0.433. The zero-order chi connectivity index (χ0) is 25.2. The van der Waals surface area contributed by atoms with Gasteiger partial charge in [-0.25, -0.2) is 18.6 Å². The van der Waals surface area contributed by atoms with Crippen LogP contribution in [0.25, 0.3) is 22.0 Å². The van der Waals surface area contributed by atoms with Crippen molar-refractivity contribution in [2.24, 2.45) is 0 Å². The van der Waals surface area contributed by atoms with Crippen LogP contribution >= 0.6 is 0 Å². The van der Waals surface area contributed by atoms with E-state index in [4.69, 9.17) is 5.73 Å². The third-order valence-corrected chi connectivity index (χ3v) is 6.44. The van der Waals surface area contributed by atoms with Crippen molar-refractivity contribution in [3.05, 3.63) is 83.9 Å². The first kappa shape index (κ1) is 23.5. The molecular weight excluding hydrogens is 462 g/mol. The van der Waals surface area contributed by atoms with Crippen molar-refractivity contribution in [2.45, 2.75) is 13.0 Å². The van der Waals surface area contributed by atoms with Gasteiger partial charge in [-0.1, -0.05) is 36.4 Å². The second kappa shape index (κ2) is 9.77. The van der Waals surface area contributed by atoms with Gasteiger partial charge in [-0.2, -0.15) is 4.98 Å². The molecule has 36 heavy (non-hydrogen) atoms. The number of piperazine rings is 1. The Morgan fingerprint density at radius 1 is 0.972 bits per heavy atom. The Labute approximate surface area is 207 Å². The van der Waals surface area contributed by atoms with Crippen LogP contribution in [0, 0.1) is 11.6 Å². The number of benzene rings is 3. The average Bonchev–Trinajstić information content (AvgIpc) is 2.90. The van der Waals surface area contributed by atoms with Crippen molar-refractivity contribution in [3.8, 4) is 11.1 Å². The van der Waals surface area contributed by atoms with Gasteiger partial charge < -0.3 is 20.9 Å². The topological polar surface area (TPSA) is 87.4 Å². The molecule has 1 saturated heterocycles. The van der Waals surface area contributed by atoms with E-state index < -0.39 is 11.6 Å². The zero-order valence-corrected chi connectivity index (χ0v) is 19.8. The lowest BCUT2D eigenvalue weighted by molar-refractivity contribution is 0.191. The second-order valence-electron chi connectivity index (χ2n) is 8.82. The number of anilines is 2. The molecule has 2 amide bonds. The van der Waals surface area contributed by atoms with Crippen molar-refractivity contribution in [1.29, 1.82) is 0 Å². The second-order valence-corrected chi connectivity index (χ2v) is 8.82. The van der Waals surface area contributed by atoms with E-state index in [1.807, 2.05) is 42.2 Å². The van der Waals surface area contributed by atoms with E-state index >= 15 is 0 Å². The highest BCUT2D eigenvalue weighted by atomic mass is 19.1. The molecule has 2 heterocycles. The van der Waals surface area contributed by atoms with Gasteiger partial charge in [0.2, 0.25) is 5.95 Å². The third-order valence-electron chi connectivity index (χ3n) is 6.44. The normalized spacial score (nSPS) is 14.6. The smallest absolute Gasteiger partial charge is 0.317 e. The van der Waals surface area contributed by atoms with E-state index in [0.717, 1.165) is 17.7 Å². The van der Waals surface area contributed by atoms with Crippen LogP contribution in [-0.2, 0) is 0 Å². The molecule has 0 spiro atoms. The number of amides is 2. The molecule has 1 aliphatic heterocycles. The first-order valence-corrected chi connectivity index (χ1v) is 11.8. The Kier molecular flexibility index (Phi) is 6.37. The predicted molar refractivity (Wildman–Crippen MR) is 136 cm³/mol. The molecule has 9 heteroatoms. The van der Waals surface area contributed by atoms with Gasteiger partial charge in [0.05, 0.1) is 11.6 Å². The van der Waals surface area contributed by atoms with Crippen LogP contribution in [-0.4, -0.2) is 47.1 Å². The molecule has 5 rings (SSSR count). The van der Waals surface area contributed by atoms with Crippen LogP contribution in [0.15, 0.2) is 66.7 Å². The average molecular weight is 489 g/mol. The Morgan fingerprint density at radius 2 is 1.72 bits per heavy atom. The van der Waals surface area contributed by atoms with Gasteiger partial charge in [0.25, 0.3) is 0 Å². The lowest BCUT2D eigenvalue weighted by Crippen LogP contribution is -2.52. The molecule has 0 radical (unpaired) electrons. The maximum Gasteiger partial charge on any atom is 0.317 e. The number of fused-ring (bicyclic) bond motifs is 1. The molecule has 1 aromatic heterocycles. The Balaban J connectivity index is 1.35. The monoisotopic (exact) mass is 488 g/mol. The number of urea groups is 1. The molecule has 0 unspecified atom stereocenters. The maximum atomic E-state index is 14.4. The fourth-order valence-corrected chi connectivity index (χ4v) is 4.48. The fraction of sp³-hybridized carbons (Fsp3) is 0.222. The molecule has 1 fully saturated rings. The minimum atomic E-state index is -0.517. The Hall–Kier alpha value is -4.27. The molecular formula is C27H26F2N6O. The van der Waals surface area contributed by atoms with E-state index in [9.17, 15) is 13.6 Å².